The van der Waals surface area contributed by atoms with E-state index in [2.05, 4.69) is 17.3 Å². The van der Waals surface area contributed by atoms with Crippen molar-refractivity contribution in [1.29, 1.82) is 0 Å². The Labute approximate surface area is 102 Å². The Balaban J connectivity index is 2.55. The zero-order chi connectivity index (χ0) is 12.7. The molecule has 0 atom stereocenters. The number of nitrogens with one attached hydrogen (secondary N) is 1. The number of nitrogen functional groups attached to an aromatic ring is 1. The third-order valence-corrected chi connectivity index (χ3v) is 2.60. The number of unbranched alkanes of at least 4 members (excludes halogenated alkanes) is 2. The smallest absolute Gasteiger partial charge is 0.255 e. The Morgan fingerprint density at radius 1 is 1.47 bits per heavy atom. The molecule has 1 rings (SSSR count). The van der Waals surface area contributed by atoms with Gasteiger partial charge in [0.15, 0.2) is 0 Å². The van der Waals surface area contributed by atoms with Gasteiger partial charge in [-0.2, -0.15) is 0 Å². The number of aromatic nitrogens is 1. The van der Waals surface area contributed by atoms with Crippen LogP contribution in [0, 0.1) is 0 Å². The number of pyridine rings is 1. The molecule has 0 aromatic carbocycles. The summed E-state index contributed by atoms with van der Waals surface area (Å²) in [6, 6.07) is 3.41. The molecule has 0 spiro atoms. The first-order valence-electron chi connectivity index (χ1n) is 5.87. The molecule has 0 bridgehead atoms. The second-order valence-corrected chi connectivity index (χ2v) is 4.01. The predicted molar refractivity (Wildman–Crippen MR) is 68.5 cm³/mol. The molecule has 1 amide bonds. The van der Waals surface area contributed by atoms with Crippen LogP contribution in [0.15, 0.2) is 18.3 Å². The van der Waals surface area contributed by atoms with Gasteiger partial charge in [-0.25, -0.2) is 10.8 Å². The van der Waals surface area contributed by atoms with E-state index < -0.39 is 0 Å². The van der Waals surface area contributed by atoms with Crippen molar-refractivity contribution in [1.82, 2.24) is 9.88 Å². The van der Waals surface area contributed by atoms with Crippen LogP contribution in [-0.4, -0.2) is 29.4 Å². The van der Waals surface area contributed by atoms with Crippen molar-refractivity contribution in [2.24, 2.45) is 5.84 Å². The topological polar surface area (TPSA) is 71.2 Å². The minimum atomic E-state index is -0.00262. The summed E-state index contributed by atoms with van der Waals surface area (Å²) in [6.07, 6.45) is 4.87. The Morgan fingerprint density at radius 3 is 2.76 bits per heavy atom. The van der Waals surface area contributed by atoms with Gasteiger partial charge in [-0.05, 0) is 18.6 Å². The third-order valence-electron chi connectivity index (χ3n) is 2.60. The largest absolute Gasteiger partial charge is 0.342 e. The van der Waals surface area contributed by atoms with Crippen molar-refractivity contribution < 1.29 is 4.79 Å². The predicted octanol–water partition coefficient (Wildman–Crippen LogP) is 1.63. The Morgan fingerprint density at radius 2 is 2.24 bits per heavy atom. The highest BCUT2D eigenvalue weighted by molar-refractivity contribution is 5.93. The van der Waals surface area contributed by atoms with Gasteiger partial charge in [-0.15, -0.1) is 0 Å². The third kappa shape index (κ3) is 4.03. The number of hydrogen-bond donors (Lipinski definition) is 2. The summed E-state index contributed by atoms with van der Waals surface area (Å²) in [5, 5.41) is 0. The maximum absolute atomic E-state index is 12.0. The summed E-state index contributed by atoms with van der Waals surface area (Å²) in [4.78, 5) is 17.7. The lowest BCUT2D eigenvalue weighted by molar-refractivity contribution is 0.0792. The number of anilines is 1. The first-order valence-corrected chi connectivity index (χ1v) is 5.87. The molecule has 0 radical (unpaired) electrons. The van der Waals surface area contributed by atoms with Crippen LogP contribution in [0.25, 0.3) is 0 Å². The minimum Gasteiger partial charge on any atom is -0.342 e. The van der Waals surface area contributed by atoms with Crippen molar-refractivity contribution in [2.75, 3.05) is 19.0 Å². The van der Waals surface area contributed by atoms with Crippen LogP contribution in [-0.2, 0) is 0 Å². The molecule has 1 heterocycles. The SMILES string of the molecule is CCCCCN(C)C(=O)c1ccc(NN)nc1. The van der Waals surface area contributed by atoms with E-state index in [1.54, 1.807) is 17.0 Å². The molecule has 0 saturated heterocycles. The number of amides is 1. The Bertz CT molecular complexity index is 350. The quantitative estimate of drug-likeness (QED) is 0.447. The second-order valence-electron chi connectivity index (χ2n) is 4.01. The molecule has 0 aliphatic heterocycles. The summed E-state index contributed by atoms with van der Waals surface area (Å²) in [5.41, 5.74) is 3.01. The van der Waals surface area contributed by atoms with Crippen molar-refractivity contribution in [3.63, 3.8) is 0 Å². The maximum Gasteiger partial charge on any atom is 0.255 e. The van der Waals surface area contributed by atoms with Gasteiger partial charge in [0.25, 0.3) is 5.91 Å². The van der Waals surface area contributed by atoms with Gasteiger partial charge in [-0.1, -0.05) is 19.8 Å². The highest BCUT2D eigenvalue weighted by Crippen LogP contribution is 2.07. The lowest BCUT2D eigenvalue weighted by atomic mass is 10.2. The van der Waals surface area contributed by atoms with Gasteiger partial charge in [-0.3, -0.25) is 4.79 Å². The summed E-state index contributed by atoms with van der Waals surface area (Å²) >= 11 is 0. The number of rotatable bonds is 6. The zero-order valence-corrected chi connectivity index (χ0v) is 10.4. The molecular formula is C12H20N4O. The molecule has 0 fully saturated rings. The molecule has 5 heteroatoms. The van der Waals surface area contributed by atoms with Crippen LogP contribution in [0.5, 0.6) is 0 Å². The van der Waals surface area contributed by atoms with Crippen molar-refractivity contribution in [3.8, 4) is 0 Å². The molecule has 3 N–H and O–H groups in total. The van der Waals surface area contributed by atoms with E-state index in [0.29, 0.717) is 11.4 Å². The van der Waals surface area contributed by atoms with Crippen molar-refractivity contribution in [2.45, 2.75) is 26.2 Å². The maximum atomic E-state index is 12.0. The Kier molecular flexibility index (Phi) is 5.42. The monoisotopic (exact) mass is 236 g/mol. The zero-order valence-electron chi connectivity index (χ0n) is 10.4. The van der Waals surface area contributed by atoms with Crippen molar-refractivity contribution in [3.05, 3.63) is 23.9 Å². The normalized spacial score (nSPS) is 10.1. The Hall–Kier alpha value is -1.62. The fourth-order valence-corrected chi connectivity index (χ4v) is 1.53. The molecule has 0 unspecified atom stereocenters. The average molecular weight is 236 g/mol. The lowest BCUT2D eigenvalue weighted by Crippen LogP contribution is -2.27. The van der Waals surface area contributed by atoms with E-state index in [1.807, 2.05) is 7.05 Å². The van der Waals surface area contributed by atoms with Crippen LogP contribution < -0.4 is 11.3 Å². The number of hydrogen-bond acceptors (Lipinski definition) is 4. The highest BCUT2D eigenvalue weighted by Gasteiger charge is 2.11. The first-order chi connectivity index (χ1) is 8.19. The van der Waals surface area contributed by atoms with E-state index in [4.69, 9.17) is 5.84 Å². The molecular weight excluding hydrogens is 216 g/mol. The van der Waals surface area contributed by atoms with E-state index in [9.17, 15) is 4.79 Å². The van der Waals surface area contributed by atoms with Crippen LogP contribution in [0.3, 0.4) is 0 Å². The molecule has 1 aromatic rings. The number of hydrazine groups is 1. The number of nitrogens with two attached hydrogens (primary N) is 1. The first kappa shape index (κ1) is 13.4. The molecule has 0 saturated carbocycles. The molecule has 17 heavy (non-hydrogen) atoms. The molecule has 1 aromatic heterocycles. The summed E-state index contributed by atoms with van der Waals surface area (Å²) in [7, 11) is 1.81. The van der Waals surface area contributed by atoms with E-state index in [1.165, 1.54) is 6.20 Å². The van der Waals surface area contributed by atoms with Gasteiger partial charge in [0.05, 0.1) is 5.56 Å². The van der Waals surface area contributed by atoms with E-state index in [-0.39, 0.29) is 5.91 Å². The molecule has 94 valence electrons. The fourth-order valence-electron chi connectivity index (χ4n) is 1.53. The van der Waals surface area contributed by atoms with Gasteiger partial charge < -0.3 is 10.3 Å². The van der Waals surface area contributed by atoms with Gasteiger partial charge in [0, 0.05) is 19.8 Å². The van der Waals surface area contributed by atoms with Crippen LogP contribution in [0.4, 0.5) is 5.82 Å². The second kappa shape index (κ2) is 6.85. The molecule has 0 aliphatic carbocycles. The lowest BCUT2D eigenvalue weighted by Gasteiger charge is -2.16. The average Bonchev–Trinajstić information content (AvgIpc) is 2.38. The van der Waals surface area contributed by atoms with E-state index >= 15 is 0 Å². The minimum absolute atomic E-state index is 0.00262. The van der Waals surface area contributed by atoms with Crippen molar-refractivity contribution >= 4 is 11.7 Å². The number of carbonyl (C=O) groups is 1. The molecule has 0 aliphatic rings. The summed E-state index contributed by atoms with van der Waals surface area (Å²) < 4.78 is 0. The van der Waals surface area contributed by atoms with Gasteiger partial charge in [0.1, 0.15) is 5.82 Å². The summed E-state index contributed by atoms with van der Waals surface area (Å²) in [6.45, 7) is 2.92. The van der Waals surface area contributed by atoms with Crippen LogP contribution in [0.1, 0.15) is 36.5 Å². The van der Waals surface area contributed by atoms with Crippen LogP contribution in [0.2, 0.25) is 0 Å². The standard InChI is InChI=1S/C12H20N4O/c1-3-4-5-8-16(2)12(17)10-6-7-11(15-13)14-9-10/h6-7,9H,3-5,8,13H2,1-2H3,(H,14,15). The fraction of sp³-hybridized carbons (Fsp3) is 0.500. The highest BCUT2D eigenvalue weighted by atomic mass is 16.2. The summed E-state index contributed by atoms with van der Waals surface area (Å²) in [5.74, 6) is 5.76. The number of nitrogens with zero attached hydrogens (tertiary/aromatic N) is 2. The number of carbonyl (C=O) groups excluding carboxylic acids is 1. The van der Waals surface area contributed by atoms with Gasteiger partial charge in [0.2, 0.25) is 0 Å². The molecule has 5 nitrogen and oxygen atoms in total. The van der Waals surface area contributed by atoms with E-state index in [0.717, 1.165) is 25.8 Å². The van der Waals surface area contributed by atoms with Gasteiger partial charge >= 0.3 is 0 Å². The van der Waals surface area contributed by atoms with Crippen LogP contribution >= 0.6 is 0 Å².